The molecule has 7 nitrogen and oxygen atoms in total. The molecule has 1 fully saturated rings. The SMILES string of the molecule is O=C(NN1CCOCC1)Oc1nn(-c2ccc(Cl)cc2Cl)c2c1CCCC/C2=C\c1ccc(Cl)cc1. The molecule has 1 amide bonds. The van der Waals surface area contributed by atoms with Gasteiger partial charge in [0, 0.05) is 28.7 Å². The number of halogens is 3. The number of morpholine rings is 1. The van der Waals surface area contributed by atoms with Crippen molar-refractivity contribution in [3.63, 3.8) is 0 Å². The highest BCUT2D eigenvalue weighted by molar-refractivity contribution is 6.35. The first-order valence-electron chi connectivity index (χ1n) is 11.8. The summed E-state index contributed by atoms with van der Waals surface area (Å²) in [7, 11) is 0. The standard InChI is InChI=1S/C26H25Cl3N4O3/c27-19-7-5-17(6-8-19)15-18-3-1-2-4-21-24(18)33(23-10-9-20(28)16-22(23)29)30-25(21)36-26(34)31-32-11-13-35-14-12-32/h5-10,15-16H,1-4,11-14H2,(H,31,34)/b18-15+. The largest absolute Gasteiger partial charge is 0.428 e. The third-order valence-corrected chi connectivity index (χ3v) is 6.96. The lowest BCUT2D eigenvalue weighted by atomic mass is 10.0. The zero-order valence-electron chi connectivity index (χ0n) is 19.5. The molecule has 2 aliphatic rings. The molecule has 36 heavy (non-hydrogen) atoms. The number of nitrogens with one attached hydrogen (secondary N) is 1. The van der Waals surface area contributed by atoms with Gasteiger partial charge in [0.25, 0.3) is 0 Å². The maximum atomic E-state index is 12.8. The summed E-state index contributed by atoms with van der Waals surface area (Å²) in [6, 6.07) is 12.9. The molecule has 0 unspecified atom stereocenters. The summed E-state index contributed by atoms with van der Waals surface area (Å²) in [6.07, 6.45) is 5.03. The van der Waals surface area contributed by atoms with Gasteiger partial charge in [-0.15, -0.1) is 5.10 Å². The van der Waals surface area contributed by atoms with Gasteiger partial charge < -0.3 is 9.47 Å². The van der Waals surface area contributed by atoms with E-state index in [0.29, 0.717) is 47.1 Å². The highest BCUT2D eigenvalue weighted by Crippen LogP contribution is 2.39. The normalized spacial score (nSPS) is 17.5. The van der Waals surface area contributed by atoms with Crippen molar-refractivity contribution in [1.29, 1.82) is 0 Å². The molecule has 188 valence electrons. The van der Waals surface area contributed by atoms with E-state index in [1.807, 2.05) is 30.3 Å². The number of nitrogens with zero attached hydrogens (tertiary/aromatic N) is 3. The number of amides is 1. The zero-order chi connectivity index (χ0) is 25.1. The van der Waals surface area contributed by atoms with E-state index >= 15 is 0 Å². The first-order valence-corrected chi connectivity index (χ1v) is 13.0. The Kier molecular flexibility index (Phi) is 7.84. The van der Waals surface area contributed by atoms with Crippen molar-refractivity contribution >= 4 is 52.5 Å². The van der Waals surface area contributed by atoms with Gasteiger partial charge in [0.1, 0.15) is 0 Å². The topological polar surface area (TPSA) is 68.6 Å². The van der Waals surface area contributed by atoms with E-state index in [4.69, 9.17) is 49.4 Å². The van der Waals surface area contributed by atoms with Gasteiger partial charge in [-0.1, -0.05) is 46.9 Å². The summed E-state index contributed by atoms with van der Waals surface area (Å²) in [5.74, 6) is 0.269. The molecule has 0 spiro atoms. The molecule has 1 aromatic heterocycles. The Balaban J connectivity index is 1.57. The molecule has 0 atom stereocenters. The zero-order valence-corrected chi connectivity index (χ0v) is 21.7. The van der Waals surface area contributed by atoms with Gasteiger partial charge in [-0.3, -0.25) is 5.43 Å². The van der Waals surface area contributed by atoms with E-state index in [1.165, 1.54) is 0 Å². The second-order valence-corrected chi connectivity index (χ2v) is 9.95. The molecule has 3 aromatic rings. The number of hydrazine groups is 1. The Labute approximate surface area is 224 Å². The van der Waals surface area contributed by atoms with E-state index in [2.05, 4.69) is 11.5 Å². The fourth-order valence-corrected chi connectivity index (χ4v) is 5.06. The third kappa shape index (κ3) is 5.71. The van der Waals surface area contributed by atoms with Crippen LogP contribution in [0.3, 0.4) is 0 Å². The minimum atomic E-state index is -0.584. The van der Waals surface area contributed by atoms with Crippen molar-refractivity contribution in [3.8, 4) is 11.6 Å². The van der Waals surface area contributed by atoms with Gasteiger partial charge in [0.2, 0.25) is 5.88 Å². The molecular formula is C26H25Cl3N4O3. The summed E-state index contributed by atoms with van der Waals surface area (Å²) < 4.78 is 12.9. The van der Waals surface area contributed by atoms with Crippen molar-refractivity contribution in [2.45, 2.75) is 25.7 Å². The number of carbonyl (C=O) groups is 1. The van der Waals surface area contributed by atoms with Crippen LogP contribution in [0.25, 0.3) is 17.3 Å². The highest BCUT2D eigenvalue weighted by atomic mass is 35.5. The van der Waals surface area contributed by atoms with Crippen LogP contribution >= 0.6 is 34.8 Å². The van der Waals surface area contributed by atoms with Crippen molar-refractivity contribution in [2.75, 3.05) is 26.3 Å². The molecule has 1 aliphatic carbocycles. The number of fused-ring (bicyclic) bond motifs is 1. The molecule has 10 heteroatoms. The van der Waals surface area contributed by atoms with Gasteiger partial charge in [0.05, 0.1) is 29.6 Å². The molecule has 0 bridgehead atoms. The first-order chi connectivity index (χ1) is 17.5. The number of benzene rings is 2. The van der Waals surface area contributed by atoms with Crippen LogP contribution in [0.1, 0.15) is 36.1 Å². The second-order valence-electron chi connectivity index (χ2n) is 8.67. The maximum Gasteiger partial charge on any atom is 0.428 e. The number of allylic oxidation sites excluding steroid dienone is 1. The Hall–Kier alpha value is -2.55. The van der Waals surface area contributed by atoms with Crippen LogP contribution in [0.15, 0.2) is 42.5 Å². The average Bonchev–Trinajstić information content (AvgIpc) is 3.06. The Morgan fingerprint density at radius 1 is 1.00 bits per heavy atom. The van der Waals surface area contributed by atoms with Gasteiger partial charge in [-0.05, 0) is 73.2 Å². The Bertz CT molecular complexity index is 1280. The monoisotopic (exact) mass is 546 g/mol. The summed E-state index contributed by atoms with van der Waals surface area (Å²) in [4.78, 5) is 12.8. The smallest absolute Gasteiger partial charge is 0.388 e. The molecule has 2 heterocycles. The van der Waals surface area contributed by atoms with Crippen LogP contribution in [-0.2, 0) is 11.2 Å². The minimum Gasteiger partial charge on any atom is -0.388 e. The number of carbonyl (C=O) groups excluding carboxylic acids is 1. The molecular weight excluding hydrogens is 523 g/mol. The molecule has 5 rings (SSSR count). The van der Waals surface area contributed by atoms with Gasteiger partial charge in [-0.2, -0.15) is 0 Å². The van der Waals surface area contributed by atoms with Crippen molar-refractivity contribution in [3.05, 3.63) is 74.4 Å². The Morgan fingerprint density at radius 3 is 2.47 bits per heavy atom. The summed E-state index contributed by atoms with van der Waals surface area (Å²) in [5.41, 5.74) is 7.28. The van der Waals surface area contributed by atoms with Crippen molar-refractivity contribution in [1.82, 2.24) is 20.2 Å². The number of rotatable bonds is 4. The summed E-state index contributed by atoms with van der Waals surface area (Å²) in [6.45, 7) is 2.29. The molecule has 1 N–H and O–H groups in total. The lowest BCUT2D eigenvalue weighted by Gasteiger charge is -2.26. The fourth-order valence-electron chi connectivity index (χ4n) is 4.45. The third-order valence-electron chi connectivity index (χ3n) is 6.17. The summed E-state index contributed by atoms with van der Waals surface area (Å²) >= 11 is 18.9. The van der Waals surface area contributed by atoms with E-state index in [-0.39, 0.29) is 5.88 Å². The predicted octanol–water partition coefficient (Wildman–Crippen LogP) is 6.44. The van der Waals surface area contributed by atoms with Gasteiger partial charge in [-0.25, -0.2) is 14.5 Å². The number of aromatic nitrogens is 2. The second kappa shape index (κ2) is 11.2. The van der Waals surface area contributed by atoms with Crippen LogP contribution < -0.4 is 10.2 Å². The molecule has 1 saturated heterocycles. The van der Waals surface area contributed by atoms with Crippen LogP contribution in [0.4, 0.5) is 4.79 Å². The minimum absolute atomic E-state index is 0.269. The quantitative estimate of drug-likeness (QED) is 0.381. The molecule has 1 aliphatic heterocycles. The van der Waals surface area contributed by atoms with Crippen LogP contribution in [0, 0.1) is 0 Å². The van der Waals surface area contributed by atoms with Gasteiger partial charge in [0.15, 0.2) is 0 Å². The summed E-state index contributed by atoms with van der Waals surface area (Å²) in [5, 5.41) is 8.17. The average molecular weight is 548 g/mol. The lowest BCUT2D eigenvalue weighted by molar-refractivity contribution is 0.0151. The first kappa shape index (κ1) is 25.1. The van der Waals surface area contributed by atoms with Crippen molar-refractivity contribution in [2.24, 2.45) is 0 Å². The van der Waals surface area contributed by atoms with E-state index in [9.17, 15) is 4.79 Å². The number of hydrogen-bond donors (Lipinski definition) is 1. The maximum absolute atomic E-state index is 12.8. The Morgan fingerprint density at radius 2 is 1.72 bits per heavy atom. The van der Waals surface area contributed by atoms with Gasteiger partial charge >= 0.3 is 6.09 Å². The van der Waals surface area contributed by atoms with Crippen LogP contribution in [0.2, 0.25) is 15.1 Å². The molecule has 0 radical (unpaired) electrons. The predicted molar refractivity (Wildman–Crippen MR) is 142 cm³/mol. The molecule has 0 saturated carbocycles. The fraction of sp³-hybridized carbons (Fsp3) is 0.308. The van der Waals surface area contributed by atoms with Crippen LogP contribution in [0.5, 0.6) is 5.88 Å². The van der Waals surface area contributed by atoms with Crippen molar-refractivity contribution < 1.29 is 14.3 Å². The molecule has 2 aromatic carbocycles. The lowest BCUT2D eigenvalue weighted by Crippen LogP contribution is -2.49. The van der Waals surface area contributed by atoms with E-state index < -0.39 is 6.09 Å². The van der Waals surface area contributed by atoms with E-state index in [0.717, 1.165) is 48.1 Å². The van der Waals surface area contributed by atoms with Crippen LogP contribution in [-0.4, -0.2) is 47.2 Å². The number of hydrogen-bond acceptors (Lipinski definition) is 5. The number of ether oxygens (including phenoxy) is 2. The van der Waals surface area contributed by atoms with E-state index in [1.54, 1.807) is 21.8 Å². The highest BCUT2D eigenvalue weighted by Gasteiger charge is 2.28.